The quantitative estimate of drug-likeness (QED) is 0.935. The molecule has 0 saturated carbocycles. The normalized spacial score (nSPS) is 18.1. The summed E-state index contributed by atoms with van der Waals surface area (Å²) < 4.78 is 1.93. The summed E-state index contributed by atoms with van der Waals surface area (Å²) in [4.78, 5) is 18.5. The Kier molecular flexibility index (Phi) is 4.01. The van der Waals surface area contributed by atoms with Gasteiger partial charge in [-0.3, -0.25) is 4.79 Å². The van der Waals surface area contributed by atoms with Gasteiger partial charge in [0.05, 0.1) is 6.33 Å². The van der Waals surface area contributed by atoms with Gasteiger partial charge in [-0.25, -0.2) is 4.98 Å². The highest BCUT2D eigenvalue weighted by atomic mass is 16.2. The van der Waals surface area contributed by atoms with E-state index in [-0.39, 0.29) is 11.9 Å². The lowest BCUT2D eigenvalue weighted by atomic mass is 10.1. The van der Waals surface area contributed by atoms with Crippen LogP contribution in [0.1, 0.15) is 18.9 Å². The van der Waals surface area contributed by atoms with E-state index in [0.29, 0.717) is 19.5 Å². The number of fused-ring (bicyclic) bond motifs is 1. The zero-order valence-corrected chi connectivity index (χ0v) is 12.2. The van der Waals surface area contributed by atoms with Crippen molar-refractivity contribution in [3.63, 3.8) is 0 Å². The number of nitrogens with zero attached hydrogens (tertiary/aromatic N) is 3. The van der Waals surface area contributed by atoms with E-state index >= 15 is 0 Å². The number of hydrogen-bond donors (Lipinski definition) is 1. The minimum absolute atomic E-state index is 0.159. The van der Waals surface area contributed by atoms with Crippen LogP contribution in [-0.4, -0.2) is 28.0 Å². The summed E-state index contributed by atoms with van der Waals surface area (Å²) in [5, 5.41) is 3.45. The summed E-state index contributed by atoms with van der Waals surface area (Å²) in [6.45, 7) is 4.30. The van der Waals surface area contributed by atoms with Crippen molar-refractivity contribution in [3.8, 4) is 0 Å². The molecule has 0 saturated heterocycles. The molecule has 0 aliphatic carbocycles. The maximum atomic E-state index is 12.6. The third-order valence-electron chi connectivity index (χ3n) is 3.82. The van der Waals surface area contributed by atoms with Gasteiger partial charge in [0.25, 0.3) is 0 Å². The highest BCUT2D eigenvalue weighted by molar-refractivity contribution is 5.94. The van der Waals surface area contributed by atoms with Crippen molar-refractivity contribution < 1.29 is 4.79 Å². The zero-order valence-electron chi connectivity index (χ0n) is 12.2. The molecular weight excluding hydrogens is 264 g/mol. The SMILES string of the molecule is CC1CN(C(=O)CCn2ccnc2)c2ccccc2CN1. The lowest BCUT2D eigenvalue weighted by Gasteiger charge is -2.24. The smallest absolute Gasteiger partial charge is 0.228 e. The predicted molar refractivity (Wildman–Crippen MR) is 81.9 cm³/mol. The van der Waals surface area contributed by atoms with Gasteiger partial charge >= 0.3 is 0 Å². The standard InChI is InChI=1S/C16H20N4O/c1-13-11-20(15-5-3-2-4-14(15)10-18-13)16(21)6-8-19-9-7-17-12-19/h2-5,7,9,12-13,18H,6,8,10-11H2,1H3. The number of hydrogen-bond acceptors (Lipinski definition) is 3. The van der Waals surface area contributed by atoms with Gasteiger partial charge in [-0.2, -0.15) is 0 Å². The van der Waals surface area contributed by atoms with Crippen molar-refractivity contribution in [2.24, 2.45) is 0 Å². The van der Waals surface area contributed by atoms with Crippen LogP contribution in [0.5, 0.6) is 0 Å². The summed E-state index contributed by atoms with van der Waals surface area (Å²) in [5.74, 6) is 0.159. The molecule has 1 aromatic carbocycles. The van der Waals surface area contributed by atoms with Crippen molar-refractivity contribution in [2.75, 3.05) is 11.4 Å². The van der Waals surface area contributed by atoms with Gasteiger partial charge in [-0.15, -0.1) is 0 Å². The summed E-state index contributed by atoms with van der Waals surface area (Å²) in [5.41, 5.74) is 2.21. The van der Waals surface area contributed by atoms with Gasteiger partial charge in [-0.1, -0.05) is 18.2 Å². The van der Waals surface area contributed by atoms with E-state index in [1.807, 2.05) is 33.9 Å². The van der Waals surface area contributed by atoms with E-state index in [9.17, 15) is 4.79 Å². The van der Waals surface area contributed by atoms with Gasteiger partial charge in [0.15, 0.2) is 0 Å². The summed E-state index contributed by atoms with van der Waals surface area (Å²) in [6.07, 6.45) is 5.84. The second kappa shape index (κ2) is 6.10. The third-order valence-corrected chi connectivity index (χ3v) is 3.82. The van der Waals surface area contributed by atoms with Gasteiger partial charge in [0.2, 0.25) is 5.91 Å². The number of aromatic nitrogens is 2. The van der Waals surface area contributed by atoms with Crippen LogP contribution in [0.4, 0.5) is 5.69 Å². The largest absolute Gasteiger partial charge is 0.337 e. The van der Waals surface area contributed by atoms with Crippen LogP contribution in [-0.2, 0) is 17.9 Å². The maximum absolute atomic E-state index is 12.6. The Morgan fingerprint density at radius 3 is 3.10 bits per heavy atom. The van der Waals surface area contributed by atoms with E-state index in [1.165, 1.54) is 5.56 Å². The van der Waals surface area contributed by atoms with E-state index in [2.05, 4.69) is 23.3 Å². The molecule has 1 aliphatic rings. The number of carbonyl (C=O) groups is 1. The second-order valence-electron chi connectivity index (χ2n) is 5.47. The highest BCUT2D eigenvalue weighted by Gasteiger charge is 2.23. The Bertz CT molecular complexity index is 608. The molecule has 1 aliphatic heterocycles. The Balaban J connectivity index is 1.77. The number of carbonyl (C=O) groups excluding carboxylic acids is 1. The van der Waals surface area contributed by atoms with E-state index in [1.54, 1.807) is 12.5 Å². The van der Waals surface area contributed by atoms with Gasteiger partial charge in [0, 0.05) is 50.2 Å². The van der Waals surface area contributed by atoms with Crippen molar-refractivity contribution in [1.82, 2.24) is 14.9 Å². The highest BCUT2D eigenvalue weighted by Crippen LogP contribution is 2.24. The predicted octanol–water partition coefficient (Wildman–Crippen LogP) is 1.80. The molecule has 5 nitrogen and oxygen atoms in total. The van der Waals surface area contributed by atoms with Crippen LogP contribution in [0.2, 0.25) is 0 Å². The average molecular weight is 284 g/mol. The molecule has 21 heavy (non-hydrogen) atoms. The number of nitrogens with one attached hydrogen (secondary N) is 1. The molecule has 2 aromatic rings. The first kappa shape index (κ1) is 13.8. The van der Waals surface area contributed by atoms with Crippen LogP contribution in [0.3, 0.4) is 0 Å². The lowest BCUT2D eigenvalue weighted by Crippen LogP contribution is -2.40. The first-order valence-electron chi connectivity index (χ1n) is 7.31. The fraction of sp³-hybridized carbons (Fsp3) is 0.375. The zero-order chi connectivity index (χ0) is 14.7. The number of rotatable bonds is 3. The average Bonchev–Trinajstić information content (AvgIpc) is 2.96. The van der Waals surface area contributed by atoms with Crippen LogP contribution in [0.25, 0.3) is 0 Å². The molecule has 5 heteroatoms. The van der Waals surface area contributed by atoms with E-state index in [0.717, 1.165) is 12.2 Å². The number of imidazole rings is 1. The minimum Gasteiger partial charge on any atom is -0.337 e. The maximum Gasteiger partial charge on any atom is 0.228 e. The summed E-state index contributed by atoms with van der Waals surface area (Å²) >= 11 is 0. The molecule has 110 valence electrons. The molecule has 1 atom stereocenters. The van der Waals surface area contributed by atoms with Crippen molar-refractivity contribution >= 4 is 11.6 Å². The Labute approximate surface area is 124 Å². The fourth-order valence-electron chi connectivity index (χ4n) is 2.66. The number of amides is 1. The molecular formula is C16H20N4O. The van der Waals surface area contributed by atoms with Crippen molar-refractivity contribution in [3.05, 3.63) is 48.5 Å². The first-order chi connectivity index (χ1) is 10.2. The lowest BCUT2D eigenvalue weighted by molar-refractivity contribution is -0.118. The summed E-state index contributed by atoms with van der Waals surface area (Å²) in [7, 11) is 0. The Morgan fingerprint density at radius 1 is 1.43 bits per heavy atom. The molecule has 0 bridgehead atoms. The molecule has 1 amide bonds. The topological polar surface area (TPSA) is 50.2 Å². The Hall–Kier alpha value is -2.14. The molecule has 0 spiro atoms. The van der Waals surface area contributed by atoms with Crippen LogP contribution in [0.15, 0.2) is 43.0 Å². The molecule has 1 aromatic heterocycles. The monoisotopic (exact) mass is 284 g/mol. The number of anilines is 1. The second-order valence-corrected chi connectivity index (χ2v) is 5.47. The minimum atomic E-state index is 0.159. The molecule has 3 rings (SSSR count). The van der Waals surface area contributed by atoms with E-state index in [4.69, 9.17) is 0 Å². The van der Waals surface area contributed by atoms with Crippen molar-refractivity contribution in [1.29, 1.82) is 0 Å². The molecule has 1 N–H and O–H groups in total. The first-order valence-corrected chi connectivity index (χ1v) is 7.31. The van der Waals surface area contributed by atoms with Gasteiger partial charge < -0.3 is 14.8 Å². The molecule has 1 unspecified atom stereocenters. The van der Waals surface area contributed by atoms with Crippen molar-refractivity contribution in [2.45, 2.75) is 32.5 Å². The Morgan fingerprint density at radius 2 is 2.29 bits per heavy atom. The van der Waals surface area contributed by atoms with Gasteiger partial charge in [0.1, 0.15) is 0 Å². The molecule has 0 fully saturated rings. The van der Waals surface area contributed by atoms with Crippen LogP contribution < -0.4 is 10.2 Å². The number of benzene rings is 1. The molecule has 2 heterocycles. The van der Waals surface area contributed by atoms with Crippen LogP contribution in [0, 0.1) is 0 Å². The number of aryl methyl sites for hydroxylation is 1. The fourth-order valence-corrected chi connectivity index (χ4v) is 2.66. The molecule has 0 radical (unpaired) electrons. The summed E-state index contributed by atoms with van der Waals surface area (Å²) in [6, 6.07) is 8.41. The third kappa shape index (κ3) is 3.13. The van der Waals surface area contributed by atoms with Gasteiger partial charge in [-0.05, 0) is 18.6 Å². The van der Waals surface area contributed by atoms with Crippen LogP contribution >= 0.6 is 0 Å². The van der Waals surface area contributed by atoms with E-state index < -0.39 is 0 Å². The number of para-hydroxylation sites is 1.